The quantitative estimate of drug-likeness (QED) is 0.197. The summed E-state index contributed by atoms with van der Waals surface area (Å²) in [5.41, 5.74) is 2.10. The molecule has 0 saturated carbocycles. The standard InChI is InChI=1S/C25H23NO7S/c1-17-13-18(2)21(23(14-17)33-16-19-9-7-8-12-22(19)26(28)29)15-24(25(27)32-3)34(30,31)20-10-5-4-6-11-20/h4-15H,16H2,1-3H3/b24-15+. The van der Waals surface area contributed by atoms with Gasteiger partial charge in [-0.3, -0.25) is 10.1 Å². The molecule has 0 spiro atoms. The Morgan fingerprint density at radius 1 is 1.03 bits per heavy atom. The lowest BCUT2D eigenvalue weighted by Gasteiger charge is -2.15. The molecule has 9 heteroatoms. The molecule has 3 rings (SSSR count). The van der Waals surface area contributed by atoms with Gasteiger partial charge in [-0.05, 0) is 55.3 Å². The van der Waals surface area contributed by atoms with Crippen LogP contribution in [0.15, 0.2) is 76.5 Å². The number of aryl methyl sites for hydroxylation is 2. The number of benzene rings is 3. The largest absolute Gasteiger partial charge is 0.488 e. The number of para-hydroxylation sites is 1. The van der Waals surface area contributed by atoms with Gasteiger partial charge in [0.05, 0.1) is 22.5 Å². The topological polar surface area (TPSA) is 113 Å². The highest BCUT2D eigenvalue weighted by molar-refractivity contribution is 7.96. The number of carbonyl (C=O) groups is 1. The molecule has 0 aliphatic heterocycles. The Morgan fingerprint density at radius 3 is 2.32 bits per heavy atom. The first-order valence-corrected chi connectivity index (χ1v) is 11.7. The molecule has 34 heavy (non-hydrogen) atoms. The molecule has 0 unspecified atom stereocenters. The molecule has 0 radical (unpaired) electrons. The molecule has 3 aromatic carbocycles. The zero-order valence-electron chi connectivity index (χ0n) is 18.8. The number of rotatable bonds is 8. The summed E-state index contributed by atoms with van der Waals surface area (Å²) in [7, 11) is -3.10. The van der Waals surface area contributed by atoms with Gasteiger partial charge in [0.25, 0.3) is 5.69 Å². The molecule has 0 bridgehead atoms. The molecular weight excluding hydrogens is 458 g/mol. The number of nitrogens with zero attached hydrogens (tertiary/aromatic N) is 1. The van der Waals surface area contributed by atoms with E-state index in [9.17, 15) is 23.3 Å². The van der Waals surface area contributed by atoms with Gasteiger partial charge in [0.1, 0.15) is 12.4 Å². The van der Waals surface area contributed by atoms with Crippen LogP contribution in [0.1, 0.15) is 22.3 Å². The molecule has 0 aromatic heterocycles. The van der Waals surface area contributed by atoms with Crippen LogP contribution in [0.4, 0.5) is 5.69 Å². The van der Waals surface area contributed by atoms with Gasteiger partial charge >= 0.3 is 5.97 Å². The van der Waals surface area contributed by atoms with Crippen LogP contribution >= 0.6 is 0 Å². The van der Waals surface area contributed by atoms with Crippen molar-refractivity contribution < 1.29 is 27.6 Å². The minimum Gasteiger partial charge on any atom is -0.488 e. The van der Waals surface area contributed by atoms with E-state index in [1.165, 1.54) is 24.3 Å². The second-order valence-corrected chi connectivity index (χ2v) is 9.40. The third-order valence-corrected chi connectivity index (χ3v) is 6.83. The molecule has 0 aliphatic carbocycles. The van der Waals surface area contributed by atoms with Crippen molar-refractivity contribution in [3.8, 4) is 5.75 Å². The fourth-order valence-corrected chi connectivity index (χ4v) is 4.76. The van der Waals surface area contributed by atoms with E-state index >= 15 is 0 Å². The van der Waals surface area contributed by atoms with Crippen LogP contribution in [-0.2, 0) is 26.0 Å². The number of methoxy groups -OCH3 is 1. The van der Waals surface area contributed by atoms with E-state index in [1.807, 2.05) is 13.0 Å². The molecule has 8 nitrogen and oxygen atoms in total. The van der Waals surface area contributed by atoms with Gasteiger partial charge in [-0.15, -0.1) is 0 Å². The maximum Gasteiger partial charge on any atom is 0.349 e. The zero-order valence-corrected chi connectivity index (χ0v) is 19.7. The Bertz CT molecular complexity index is 1360. The SMILES string of the molecule is COC(=O)/C(=C\c1c(C)cc(C)cc1OCc1ccccc1[N+](=O)[O-])S(=O)(=O)c1ccccc1. The van der Waals surface area contributed by atoms with E-state index in [0.717, 1.165) is 12.7 Å². The van der Waals surface area contributed by atoms with Gasteiger partial charge in [-0.2, -0.15) is 0 Å². The zero-order chi connectivity index (χ0) is 24.9. The number of hydrogen-bond donors (Lipinski definition) is 0. The van der Waals surface area contributed by atoms with Crippen molar-refractivity contribution in [2.75, 3.05) is 7.11 Å². The van der Waals surface area contributed by atoms with Gasteiger partial charge < -0.3 is 9.47 Å². The van der Waals surface area contributed by atoms with Gasteiger partial charge in [0, 0.05) is 11.6 Å². The molecule has 0 heterocycles. The Labute approximate surface area is 197 Å². The van der Waals surface area contributed by atoms with Crippen molar-refractivity contribution in [1.82, 2.24) is 0 Å². The molecule has 3 aromatic rings. The van der Waals surface area contributed by atoms with Crippen molar-refractivity contribution in [2.45, 2.75) is 25.3 Å². The van der Waals surface area contributed by atoms with Crippen molar-refractivity contribution >= 4 is 27.6 Å². The Morgan fingerprint density at radius 2 is 1.68 bits per heavy atom. The maximum atomic E-state index is 13.2. The van der Waals surface area contributed by atoms with Crippen molar-refractivity contribution in [2.24, 2.45) is 0 Å². The lowest BCUT2D eigenvalue weighted by atomic mass is 10.0. The third kappa shape index (κ3) is 5.32. The van der Waals surface area contributed by atoms with E-state index in [4.69, 9.17) is 9.47 Å². The Hall–Kier alpha value is -3.98. The van der Waals surface area contributed by atoms with Crippen LogP contribution in [0.2, 0.25) is 0 Å². The molecular formula is C25H23NO7S. The fourth-order valence-electron chi connectivity index (χ4n) is 3.42. The first-order chi connectivity index (χ1) is 16.1. The van der Waals surface area contributed by atoms with Crippen molar-refractivity contribution in [3.63, 3.8) is 0 Å². The Kier molecular flexibility index (Phi) is 7.47. The highest BCUT2D eigenvalue weighted by Crippen LogP contribution is 2.31. The molecule has 0 N–H and O–H groups in total. The average Bonchev–Trinajstić information content (AvgIpc) is 2.82. The number of carbonyl (C=O) groups excluding carboxylic acids is 1. The van der Waals surface area contributed by atoms with Crippen LogP contribution < -0.4 is 4.74 Å². The number of nitro groups is 1. The first kappa shape index (κ1) is 24.7. The van der Waals surface area contributed by atoms with Gasteiger partial charge in [0.2, 0.25) is 9.84 Å². The van der Waals surface area contributed by atoms with Gasteiger partial charge in [0.15, 0.2) is 4.91 Å². The summed E-state index contributed by atoms with van der Waals surface area (Å²) < 4.78 is 37.2. The van der Waals surface area contributed by atoms with Crippen molar-refractivity contribution in [1.29, 1.82) is 0 Å². The van der Waals surface area contributed by atoms with Crippen molar-refractivity contribution in [3.05, 3.63) is 104 Å². The summed E-state index contributed by atoms with van der Waals surface area (Å²) in [6.07, 6.45) is 1.22. The van der Waals surface area contributed by atoms with Crippen LogP contribution in [0.5, 0.6) is 5.75 Å². The number of sulfone groups is 1. The molecule has 176 valence electrons. The molecule has 0 amide bonds. The predicted octanol–water partition coefficient (Wildman–Crippen LogP) is 4.78. The van der Waals surface area contributed by atoms with Gasteiger partial charge in [-0.25, -0.2) is 13.2 Å². The number of hydrogen-bond acceptors (Lipinski definition) is 7. The van der Waals surface area contributed by atoms with E-state index in [0.29, 0.717) is 16.7 Å². The Balaban J connectivity index is 2.11. The second kappa shape index (κ2) is 10.3. The number of esters is 1. The minimum absolute atomic E-state index is 0.0567. The molecule has 0 atom stereocenters. The van der Waals surface area contributed by atoms with Crippen LogP contribution in [0.25, 0.3) is 6.08 Å². The van der Waals surface area contributed by atoms with Crippen LogP contribution in [0.3, 0.4) is 0 Å². The van der Waals surface area contributed by atoms with E-state index in [-0.39, 0.29) is 22.9 Å². The summed E-state index contributed by atoms with van der Waals surface area (Å²) in [4.78, 5) is 22.8. The molecule has 0 fully saturated rings. The molecule has 0 aliphatic rings. The van der Waals surface area contributed by atoms with E-state index in [2.05, 4.69) is 0 Å². The highest BCUT2D eigenvalue weighted by atomic mass is 32.2. The monoisotopic (exact) mass is 481 g/mol. The number of ether oxygens (including phenoxy) is 2. The second-order valence-electron chi connectivity index (χ2n) is 7.48. The lowest BCUT2D eigenvalue weighted by Crippen LogP contribution is -2.15. The first-order valence-electron chi connectivity index (χ1n) is 10.2. The summed E-state index contributed by atoms with van der Waals surface area (Å²) in [6.45, 7) is 3.46. The summed E-state index contributed by atoms with van der Waals surface area (Å²) >= 11 is 0. The average molecular weight is 482 g/mol. The maximum absolute atomic E-state index is 13.2. The van der Waals surface area contributed by atoms with Crippen LogP contribution in [-0.4, -0.2) is 26.4 Å². The summed E-state index contributed by atoms with van der Waals surface area (Å²) in [5.74, 6) is -0.742. The highest BCUT2D eigenvalue weighted by Gasteiger charge is 2.29. The normalized spacial score (nSPS) is 11.7. The molecule has 0 saturated heterocycles. The van der Waals surface area contributed by atoms with Crippen LogP contribution in [0, 0.1) is 24.0 Å². The smallest absolute Gasteiger partial charge is 0.349 e. The number of nitro benzene ring substituents is 1. The minimum atomic E-state index is -4.20. The third-order valence-electron chi connectivity index (χ3n) is 5.07. The van der Waals surface area contributed by atoms with Gasteiger partial charge in [-0.1, -0.05) is 36.4 Å². The van der Waals surface area contributed by atoms with E-state index < -0.39 is 25.6 Å². The lowest BCUT2D eigenvalue weighted by molar-refractivity contribution is -0.385. The fraction of sp³-hybridized carbons (Fsp3) is 0.160. The predicted molar refractivity (Wildman–Crippen MR) is 127 cm³/mol. The summed E-state index contributed by atoms with van der Waals surface area (Å²) in [5, 5.41) is 11.3. The summed E-state index contributed by atoms with van der Waals surface area (Å²) in [6, 6.07) is 17.2. The van der Waals surface area contributed by atoms with E-state index in [1.54, 1.807) is 49.4 Å².